The van der Waals surface area contributed by atoms with E-state index in [2.05, 4.69) is 0 Å². The fraction of sp³-hybridized carbons (Fsp3) is 0.600. The van der Waals surface area contributed by atoms with Crippen LogP contribution in [-0.2, 0) is 9.59 Å². The average molecular weight is 335 g/mol. The Morgan fingerprint density at radius 1 is 0.955 bits per heavy atom. The first-order valence-electron chi connectivity index (χ1n) is 4.50. The van der Waals surface area contributed by atoms with E-state index in [1.54, 1.807) is 0 Å². The number of hydrogen-bond donors (Lipinski definition) is 6. The molecule has 0 aromatic rings. The first-order valence-corrected chi connectivity index (χ1v) is 4.50. The summed E-state index contributed by atoms with van der Waals surface area (Å²) >= 11 is 0. The SMILES string of the molecule is NC(=O)CC[C@H](N)C(=O)O.O=[N+]([O-])O.O=[N+]([O-])O.O=[N+]([O-])O. The summed E-state index contributed by atoms with van der Waals surface area (Å²) in [5, 5.41) is 49.1. The Kier molecular flexibility index (Phi) is 21.4. The monoisotopic (exact) mass is 335 g/mol. The van der Waals surface area contributed by atoms with Crippen LogP contribution in [0.4, 0.5) is 0 Å². The van der Waals surface area contributed by atoms with Crippen LogP contribution >= 0.6 is 0 Å². The highest BCUT2D eigenvalue weighted by Crippen LogP contribution is 1.92. The Morgan fingerprint density at radius 2 is 1.18 bits per heavy atom. The second kappa shape index (κ2) is 17.5. The highest BCUT2D eigenvalue weighted by molar-refractivity contribution is 5.76. The predicted molar refractivity (Wildman–Crippen MR) is 60.4 cm³/mol. The number of hydrogen-bond acceptors (Lipinski definition) is 9. The molecule has 0 aliphatic carbocycles. The van der Waals surface area contributed by atoms with Crippen LogP contribution < -0.4 is 11.5 Å². The number of aliphatic carboxylic acids is 1. The van der Waals surface area contributed by atoms with Crippen LogP contribution in [0.15, 0.2) is 0 Å². The van der Waals surface area contributed by atoms with Crippen molar-refractivity contribution in [2.24, 2.45) is 11.5 Å². The van der Waals surface area contributed by atoms with Crippen molar-refractivity contribution in [1.29, 1.82) is 0 Å². The standard InChI is InChI=1S/C5H10N2O3.3HNO3/c6-3(5(9)10)1-2-4(7)8;3*2-1(3)4/h3H,1-2,6H2,(H2,7,8)(H,9,10);3*(H,2,3,4)/t3-;;;/m0.../s1. The van der Waals surface area contributed by atoms with Gasteiger partial charge in [0, 0.05) is 6.42 Å². The average Bonchev–Trinajstić information content (AvgIpc) is 2.22. The van der Waals surface area contributed by atoms with Gasteiger partial charge in [-0.3, -0.25) is 9.59 Å². The molecule has 1 amide bonds. The van der Waals surface area contributed by atoms with Crippen LogP contribution in [-0.4, -0.2) is 53.9 Å². The molecule has 0 aromatic heterocycles. The minimum atomic E-state index is -1.50. The van der Waals surface area contributed by atoms with Crippen LogP contribution in [0.5, 0.6) is 0 Å². The Labute approximate surface area is 119 Å². The number of carbonyl (C=O) groups is 2. The summed E-state index contributed by atoms with van der Waals surface area (Å²) in [5.74, 6) is -1.64. The van der Waals surface area contributed by atoms with E-state index >= 15 is 0 Å². The Balaban J connectivity index is -0.000000112. The van der Waals surface area contributed by atoms with Gasteiger partial charge in [-0.2, -0.15) is 0 Å². The van der Waals surface area contributed by atoms with Crippen LogP contribution in [0, 0.1) is 30.3 Å². The molecule has 0 saturated carbocycles. The van der Waals surface area contributed by atoms with Crippen molar-refractivity contribution in [2.75, 3.05) is 0 Å². The molecule has 0 spiro atoms. The minimum Gasteiger partial charge on any atom is -0.480 e. The molecule has 0 fully saturated rings. The zero-order valence-corrected chi connectivity index (χ0v) is 10.5. The van der Waals surface area contributed by atoms with Crippen molar-refractivity contribution in [3.8, 4) is 0 Å². The summed E-state index contributed by atoms with van der Waals surface area (Å²) in [5.41, 5.74) is 9.81. The molecule has 1 atom stereocenters. The third kappa shape index (κ3) is 131. The number of nitrogens with two attached hydrogens (primary N) is 2. The normalized spacial score (nSPS) is 8.95. The number of primary amides is 1. The lowest BCUT2D eigenvalue weighted by Crippen LogP contribution is -2.31. The Bertz CT molecular complexity index is 330. The van der Waals surface area contributed by atoms with Gasteiger partial charge < -0.3 is 32.2 Å². The molecule has 0 saturated heterocycles. The number of carboxylic acids is 1. The van der Waals surface area contributed by atoms with Crippen molar-refractivity contribution in [2.45, 2.75) is 18.9 Å². The van der Waals surface area contributed by atoms with Crippen LogP contribution in [0.2, 0.25) is 0 Å². The molecular formula is C5H13N5O12. The quantitative estimate of drug-likeness (QED) is 0.231. The molecule has 22 heavy (non-hydrogen) atoms. The minimum absolute atomic E-state index is 0.0213. The van der Waals surface area contributed by atoms with E-state index < -0.39 is 33.2 Å². The van der Waals surface area contributed by atoms with Gasteiger partial charge in [0.05, 0.1) is 0 Å². The third-order valence-electron chi connectivity index (χ3n) is 1.02. The maximum atomic E-state index is 10.1. The van der Waals surface area contributed by atoms with Gasteiger partial charge in [-0.15, -0.1) is 30.3 Å². The summed E-state index contributed by atoms with van der Waals surface area (Å²) in [6.45, 7) is 0. The van der Waals surface area contributed by atoms with E-state index in [1.165, 1.54) is 0 Å². The molecule has 130 valence electrons. The van der Waals surface area contributed by atoms with Gasteiger partial charge in [0.2, 0.25) is 5.91 Å². The molecule has 0 aromatic carbocycles. The highest BCUT2D eigenvalue weighted by atomic mass is 16.9. The second-order valence-corrected chi connectivity index (χ2v) is 2.66. The van der Waals surface area contributed by atoms with Crippen molar-refractivity contribution in [1.82, 2.24) is 0 Å². The van der Waals surface area contributed by atoms with E-state index in [1.807, 2.05) is 0 Å². The van der Waals surface area contributed by atoms with Crippen molar-refractivity contribution >= 4 is 11.9 Å². The summed E-state index contributed by atoms with van der Waals surface area (Å²) in [7, 11) is 0. The number of carboxylic acid groups (broad SMARTS) is 1. The van der Waals surface area contributed by atoms with Crippen LogP contribution in [0.1, 0.15) is 12.8 Å². The second-order valence-electron chi connectivity index (χ2n) is 2.66. The summed E-state index contributed by atoms with van der Waals surface area (Å²) in [4.78, 5) is 45.2. The smallest absolute Gasteiger partial charge is 0.320 e. The lowest BCUT2D eigenvalue weighted by atomic mass is 10.2. The van der Waals surface area contributed by atoms with Gasteiger partial charge in [-0.05, 0) is 6.42 Å². The van der Waals surface area contributed by atoms with E-state index in [0.29, 0.717) is 0 Å². The maximum absolute atomic E-state index is 10.1. The molecular weight excluding hydrogens is 322 g/mol. The van der Waals surface area contributed by atoms with Crippen molar-refractivity contribution in [3.05, 3.63) is 30.3 Å². The molecule has 0 bridgehead atoms. The van der Waals surface area contributed by atoms with Crippen LogP contribution in [0.3, 0.4) is 0 Å². The molecule has 0 unspecified atom stereocenters. The zero-order chi connectivity index (χ0) is 18.9. The highest BCUT2D eigenvalue weighted by Gasteiger charge is 2.11. The molecule has 17 nitrogen and oxygen atoms in total. The number of nitrogens with zero attached hydrogens (tertiary/aromatic N) is 3. The number of rotatable bonds is 4. The fourth-order valence-electron chi connectivity index (χ4n) is 0.421. The van der Waals surface area contributed by atoms with E-state index in [-0.39, 0.29) is 12.8 Å². The third-order valence-corrected chi connectivity index (χ3v) is 1.02. The summed E-state index contributed by atoms with van der Waals surface area (Å²) in [6, 6.07) is -0.979. The molecule has 8 N–H and O–H groups in total. The lowest BCUT2D eigenvalue weighted by molar-refractivity contribution is -0.742. The Hall–Kier alpha value is -3.50. The molecule has 0 aliphatic rings. The number of carbonyl (C=O) groups excluding carboxylic acids is 1. The first-order chi connectivity index (χ1) is 9.73. The summed E-state index contributed by atoms with van der Waals surface area (Å²) in [6.07, 6.45) is 0.123. The fourth-order valence-corrected chi connectivity index (χ4v) is 0.421. The van der Waals surface area contributed by atoms with Crippen molar-refractivity contribution in [3.63, 3.8) is 0 Å². The van der Waals surface area contributed by atoms with Gasteiger partial charge in [0.15, 0.2) is 0 Å². The van der Waals surface area contributed by atoms with E-state index in [0.717, 1.165) is 0 Å². The molecule has 0 radical (unpaired) electrons. The topological polar surface area (TPSA) is 297 Å². The van der Waals surface area contributed by atoms with Gasteiger partial charge in [0.1, 0.15) is 6.04 Å². The van der Waals surface area contributed by atoms with E-state index in [4.69, 9.17) is 62.5 Å². The van der Waals surface area contributed by atoms with Crippen molar-refractivity contribution < 1.29 is 45.6 Å². The molecule has 17 heteroatoms. The Morgan fingerprint density at radius 3 is 1.32 bits per heavy atom. The maximum Gasteiger partial charge on any atom is 0.320 e. The zero-order valence-electron chi connectivity index (χ0n) is 10.5. The molecule has 0 aliphatic heterocycles. The largest absolute Gasteiger partial charge is 0.480 e. The summed E-state index contributed by atoms with van der Waals surface area (Å²) < 4.78 is 0. The van der Waals surface area contributed by atoms with Gasteiger partial charge in [-0.1, -0.05) is 0 Å². The number of amides is 1. The first kappa shape index (κ1) is 26.9. The van der Waals surface area contributed by atoms with Gasteiger partial charge >= 0.3 is 5.97 Å². The predicted octanol–water partition coefficient (Wildman–Crippen LogP) is -2.38. The van der Waals surface area contributed by atoms with E-state index in [9.17, 15) is 9.59 Å². The lowest BCUT2D eigenvalue weighted by Gasteiger charge is -2.01. The van der Waals surface area contributed by atoms with Gasteiger partial charge in [0.25, 0.3) is 15.3 Å². The molecule has 0 heterocycles. The van der Waals surface area contributed by atoms with Crippen LogP contribution in [0.25, 0.3) is 0 Å². The van der Waals surface area contributed by atoms with Gasteiger partial charge in [-0.25, -0.2) is 0 Å². The molecule has 0 rings (SSSR count).